The van der Waals surface area contributed by atoms with Gasteiger partial charge in [0, 0.05) is 29.9 Å². The molecule has 0 saturated carbocycles. The van der Waals surface area contributed by atoms with E-state index in [0.717, 1.165) is 29.9 Å². The lowest BCUT2D eigenvalue weighted by Crippen LogP contribution is -2.33. The van der Waals surface area contributed by atoms with Crippen molar-refractivity contribution in [2.24, 2.45) is 5.41 Å². The summed E-state index contributed by atoms with van der Waals surface area (Å²) < 4.78 is 0. The molecular formula is C28H36N2O3. The van der Waals surface area contributed by atoms with Crippen LogP contribution in [-0.4, -0.2) is 29.9 Å². The minimum atomic E-state index is -0.736. The lowest BCUT2D eigenvalue weighted by molar-refractivity contribution is -0.123. The topological polar surface area (TPSA) is 60.9 Å². The fourth-order valence-electron chi connectivity index (χ4n) is 4.30. The van der Waals surface area contributed by atoms with Crippen molar-refractivity contribution in [2.75, 3.05) is 22.9 Å². The van der Waals surface area contributed by atoms with E-state index in [1.807, 2.05) is 48.5 Å². The molecular weight excluding hydrogens is 412 g/mol. The molecule has 1 amide bonds. The van der Waals surface area contributed by atoms with Crippen LogP contribution in [-0.2, 0) is 9.59 Å². The molecule has 5 heteroatoms. The summed E-state index contributed by atoms with van der Waals surface area (Å²) >= 11 is 0. The molecule has 1 atom stereocenters. The molecule has 1 aliphatic heterocycles. The number of aliphatic hydroxyl groups excluding tert-OH is 1. The van der Waals surface area contributed by atoms with Crippen LogP contribution in [0.4, 0.5) is 11.4 Å². The molecule has 1 unspecified atom stereocenters. The highest BCUT2D eigenvalue weighted by molar-refractivity contribution is 6.17. The predicted molar refractivity (Wildman–Crippen MR) is 135 cm³/mol. The summed E-state index contributed by atoms with van der Waals surface area (Å²) in [6, 6.07) is 15.0. The Hall–Kier alpha value is -3.08. The van der Waals surface area contributed by atoms with Gasteiger partial charge in [-0.3, -0.25) is 14.5 Å². The number of ketones is 1. The second-order valence-corrected chi connectivity index (χ2v) is 9.93. The number of amides is 1. The van der Waals surface area contributed by atoms with Crippen molar-refractivity contribution in [3.05, 3.63) is 71.0 Å². The van der Waals surface area contributed by atoms with Gasteiger partial charge in [-0.2, -0.15) is 0 Å². The molecule has 0 saturated heterocycles. The molecule has 0 spiro atoms. The number of nitrogens with zero attached hydrogens (tertiary/aromatic N) is 2. The normalized spacial score (nSPS) is 16.7. The number of anilines is 2. The zero-order valence-corrected chi connectivity index (χ0v) is 20.8. The van der Waals surface area contributed by atoms with Gasteiger partial charge in [-0.15, -0.1) is 0 Å². The van der Waals surface area contributed by atoms with E-state index in [1.165, 1.54) is 0 Å². The van der Waals surface area contributed by atoms with Crippen LogP contribution in [0.15, 0.2) is 59.9 Å². The summed E-state index contributed by atoms with van der Waals surface area (Å²) in [4.78, 5) is 30.4. The second-order valence-electron chi connectivity index (χ2n) is 9.93. The molecule has 0 aromatic heterocycles. The molecule has 1 heterocycles. The van der Waals surface area contributed by atoms with Crippen LogP contribution in [0, 0.1) is 5.41 Å². The third kappa shape index (κ3) is 4.68. The van der Waals surface area contributed by atoms with Gasteiger partial charge < -0.3 is 10.0 Å². The van der Waals surface area contributed by atoms with E-state index in [4.69, 9.17) is 0 Å². The van der Waals surface area contributed by atoms with Gasteiger partial charge in [0.15, 0.2) is 11.5 Å². The van der Waals surface area contributed by atoms with Crippen molar-refractivity contribution in [2.45, 2.75) is 60.4 Å². The fraction of sp³-hybridized carbons (Fsp3) is 0.429. The van der Waals surface area contributed by atoms with E-state index < -0.39 is 23.1 Å². The molecule has 0 aliphatic carbocycles. The van der Waals surface area contributed by atoms with E-state index in [0.29, 0.717) is 11.6 Å². The Labute approximate surface area is 197 Å². The summed E-state index contributed by atoms with van der Waals surface area (Å²) in [5, 5.41) is 10.9. The zero-order valence-electron chi connectivity index (χ0n) is 20.8. The number of rotatable bonds is 7. The van der Waals surface area contributed by atoms with E-state index >= 15 is 0 Å². The van der Waals surface area contributed by atoms with Gasteiger partial charge in [0.25, 0.3) is 5.91 Å². The molecule has 2 aromatic rings. The molecule has 1 N–H and O–H groups in total. The van der Waals surface area contributed by atoms with Crippen molar-refractivity contribution >= 4 is 23.1 Å². The first kappa shape index (κ1) is 24.6. The van der Waals surface area contributed by atoms with Crippen molar-refractivity contribution in [3.63, 3.8) is 0 Å². The second kappa shape index (κ2) is 9.42. The van der Waals surface area contributed by atoms with E-state index in [9.17, 15) is 14.7 Å². The maximum absolute atomic E-state index is 13.4. The van der Waals surface area contributed by atoms with Crippen molar-refractivity contribution in [1.29, 1.82) is 0 Å². The average Bonchev–Trinajstić information content (AvgIpc) is 3.04. The third-order valence-electron chi connectivity index (χ3n) is 6.31. The van der Waals surface area contributed by atoms with Crippen LogP contribution in [0.25, 0.3) is 0 Å². The standard InChI is InChI=1S/C28H36N2O3/c1-8-29(9-2)21-14-12-20(13-15-21)24-23(26(32)28(5,6)7)25(31)27(33)30(24)22-16-10-19(11-17-22)18(3)4/h10-18,24,31H,8-9H2,1-7H3. The SMILES string of the molecule is CCN(CC)c1ccc(C2C(C(=O)C(C)(C)C)=C(O)C(=O)N2c2ccc(C(C)C)cc2)cc1. The van der Waals surface area contributed by atoms with E-state index in [1.54, 1.807) is 25.7 Å². The van der Waals surface area contributed by atoms with Gasteiger partial charge in [0.2, 0.25) is 0 Å². The van der Waals surface area contributed by atoms with Crippen LogP contribution >= 0.6 is 0 Å². The van der Waals surface area contributed by atoms with Gasteiger partial charge in [-0.05, 0) is 55.2 Å². The Morgan fingerprint density at radius 3 is 2.00 bits per heavy atom. The first-order valence-electron chi connectivity index (χ1n) is 11.8. The summed E-state index contributed by atoms with van der Waals surface area (Å²) in [6.45, 7) is 15.6. The van der Waals surface area contributed by atoms with Gasteiger partial charge >= 0.3 is 0 Å². The molecule has 0 radical (unpaired) electrons. The number of Topliss-reactive ketones (excluding diaryl/α,β-unsaturated/α-hetero) is 1. The number of aliphatic hydroxyl groups is 1. The largest absolute Gasteiger partial charge is 0.503 e. The van der Waals surface area contributed by atoms with Crippen LogP contribution in [0.3, 0.4) is 0 Å². The molecule has 176 valence electrons. The van der Waals surface area contributed by atoms with Crippen molar-refractivity contribution in [3.8, 4) is 0 Å². The summed E-state index contributed by atoms with van der Waals surface area (Å²) in [6.07, 6.45) is 0. The third-order valence-corrected chi connectivity index (χ3v) is 6.31. The minimum absolute atomic E-state index is 0.163. The van der Waals surface area contributed by atoms with Crippen molar-refractivity contribution in [1.82, 2.24) is 0 Å². The Kier molecular flexibility index (Phi) is 7.01. The average molecular weight is 449 g/mol. The first-order chi connectivity index (χ1) is 15.5. The number of hydrogen-bond donors (Lipinski definition) is 1. The minimum Gasteiger partial charge on any atom is -0.503 e. The number of carbonyl (C=O) groups excluding carboxylic acids is 2. The maximum Gasteiger partial charge on any atom is 0.294 e. The lowest BCUT2D eigenvalue weighted by atomic mass is 9.82. The molecule has 33 heavy (non-hydrogen) atoms. The number of carbonyl (C=O) groups is 2. The Balaban J connectivity index is 2.13. The Bertz CT molecular complexity index is 1040. The quantitative estimate of drug-likeness (QED) is 0.550. The Morgan fingerprint density at radius 1 is 1.00 bits per heavy atom. The van der Waals surface area contributed by atoms with E-state index in [-0.39, 0.29) is 11.4 Å². The molecule has 5 nitrogen and oxygen atoms in total. The summed E-state index contributed by atoms with van der Waals surface area (Å²) in [7, 11) is 0. The monoisotopic (exact) mass is 448 g/mol. The van der Waals surface area contributed by atoms with Gasteiger partial charge in [-0.25, -0.2) is 0 Å². The molecule has 1 aliphatic rings. The molecule has 0 bridgehead atoms. The Morgan fingerprint density at radius 2 is 1.55 bits per heavy atom. The van der Waals surface area contributed by atoms with Gasteiger partial charge in [0.1, 0.15) is 0 Å². The van der Waals surface area contributed by atoms with Crippen LogP contribution in [0.5, 0.6) is 0 Å². The number of hydrogen-bond acceptors (Lipinski definition) is 4. The van der Waals surface area contributed by atoms with Crippen LogP contribution < -0.4 is 9.80 Å². The molecule has 3 rings (SSSR count). The van der Waals surface area contributed by atoms with Crippen LogP contribution in [0.2, 0.25) is 0 Å². The van der Waals surface area contributed by atoms with Crippen molar-refractivity contribution < 1.29 is 14.7 Å². The van der Waals surface area contributed by atoms with Gasteiger partial charge in [0.05, 0.1) is 11.6 Å². The predicted octanol–water partition coefficient (Wildman–Crippen LogP) is 6.17. The molecule has 2 aromatic carbocycles. The highest BCUT2D eigenvalue weighted by Crippen LogP contribution is 2.43. The fourth-order valence-corrected chi connectivity index (χ4v) is 4.30. The van der Waals surface area contributed by atoms with Crippen LogP contribution in [0.1, 0.15) is 71.6 Å². The maximum atomic E-state index is 13.4. The number of benzene rings is 2. The lowest BCUT2D eigenvalue weighted by Gasteiger charge is -2.30. The zero-order chi connectivity index (χ0) is 24.5. The van der Waals surface area contributed by atoms with E-state index in [2.05, 4.69) is 32.6 Å². The molecule has 0 fully saturated rings. The summed E-state index contributed by atoms with van der Waals surface area (Å²) in [5.41, 5.74) is 3.12. The highest BCUT2D eigenvalue weighted by atomic mass is 16.3. The first-order valence-corrected chi connectivity index (χ1v) is 11.8. The highest BCUT2D eigenvalue weighted by Gasteiger charge is 2.46. The summed E-state index contributed by atoms with van der Waals surface area (Å²) in [5.74, 6) is -0.868. The smallest absolute Gasteiger partial charge is 0.294 e. The van der Waals surface area contributed by atoms with Gasteiger partial charge in [-0.1, -0.05) is 58.9 Å².